The van der Waals surface area contributed by atoms with Crippen molar-refractivity contribution >= 4 is 29.1 Å². The highest BCUT2D eigenvalue weighted by atomic mass is 35.5. The third kappa shape index (κ3) is 3.53. The highest BCUT2D eigenvalue weighted by Crippen LogP contribution is 2.24. The molecule has 2 heterocycles. The Balaban J connectivity index is 1.63. The predicted octanol–water partition coefficient (Wildman–Crippen LogP) is 2.06. The first-order valence-electron chi connectivity index (χ1n) is 7.33. The number of nitrogens with one attached hydrogen (secondary N) is 1. The van der Waals surface area contributed by atoms with Crippen molar-refractivity contribution in [1.29, 1.82) is 0 Å². The van der Waals surface area contributed by atoms with Gasteiger partial charge in [-0.2, -0.15) is 5.10 Å². The van der Waals surface area contributed by atoms with Gasteiger partial charge in [-0.1, -0.05) is 29.8 Å². The van der Waals surface area contributed by atoms with Crippen molar-refractivity contribution in [2.45, 2.75) is 13.0 Å². The Labute approximate surface area is 139 Å². The number of nitrogens with zero attached hydrogens (tertiary/aromatic N) is 3. The Morgan fingerprint density at radius 2 is 2.22 bits per heavy atom. The molecule has 7 heteroatoms. The van der Waals surface area contributed by atoms with E-state index in [-0.39, 0.29) is 24.2 Å². The minimum Gasteiger partial charge on any atom is -0.337 e. The molecule has 0 unspecified atom stereocenters. The first-order chi connectivity index (χ1) is 11.0. The largest absolute Gasteiger partial charge is 0.337 e. The molecular weight excluding hydrogens is 316 g/mol. The molecule has 1 aromatic heterocycles. The van der Waals surface area contributed by atoms with E-state index in [1.54, 1.807) is 35.1 Å². The predicted molar refractivity (Wildman–Crippen MR) is 86.8 cm³/mol. The molecule has 120 valence electrons. The molecule has 1 saturated heterocycles. The van der Waals surface area contributed by atoms with E-state index in [9.17, 15) is 9.59 Å². The summed E-state index contributed by atoms with van der Waals surface area (Å²) in [6.45, 7) is 0.825. The van der Waals surface area contributed by atoms with Crippen LogP contribution in [0.25, 0.3) is 0 Å². The van der Waals surface area contributed by atoms with Crippen molar-refractivity contribution < 1.29 is 9.59 Å². The lowest BCUT2D eigenvalue weighted by Crippen LogP contribution is -2.28. The number of hydrogen-bond acceptors (Lipinski definition) is 3. The minimum absolute atomic E-state index is 0.0312. The van der Waals surface area contributed by atoms with Crippen molar-refractivity contribution in [2.75, 3.05) is 11.9 Å². The summed E-state index contributed by atoms with van der Waals surface area (Å²) >= 11 is 6.13. The second-order valence-corrected chi connectivity index (χ2v) is 6.07. The van der Waals surface area contributed by atoms with E-state index in [0.717, 1.165) is 5.56 Å². The first kappa shape index (κ1) is 15.6. The van der Waals surface area contributed by atoms with Crippen LogP contribution in [-0.2, 0) is 23.2 Å². The Morgan fingerprint density at radius 1 is 1.43 bits per heavy atom. The van der Waals surface area contributed by atoms with Gasteiger partial charge in [-0.3, -0.25) is 14.3 Å². The lowest BCUT2D eigenvalue weighted by Gasteiger charge is -2.17. The van der Waals surface area contributed by atoms with Gasteiger partial charge in [0.15, 0.2) is 0 Å². The van der Waals surface area contributed by atoms with Crippen molar-refractivity contribution in [1.82, 2.24) is 14.7 Å². The number of carbonyl (C=O) groups excluding carboxylic acids is 2. The molecule has 1 aromatic carbocycles. The van der Waals surface area contributed by atoms with E-state index < -0.39 is 0 Å². The summed E-state index contributed by atoms with van der Waals surface area (Å²) in [6, 6.07) is 7.42. The molecular formula is C16H17ClN4O2. The van der Waals surface area contributed by atoms with E-state index in [1.165, 1.54) is 0 Å². The summed E-state index contributed by atoms with van der Waals surface area (Å²) in [7, 11) is 1.78. The molecule has 1 atom stereocenters. The van der Waals surface area contributed by atoms with Crippen LogP contribution >= 0.6 is 11.6 Å². The summed E-state index contributed by atoms with van der Waals surface area (Å²) in [5.41, 5.74) is 1.52. The zero-order chi connectivity index (χ0) is 16.4. The summed E-state index contributed by atoms with van der Waals surface area (Å²) < 4.78 is 1.61. The second-order valence-electron chi connectivity index (χ2n) is 5.66. The number of rotatable bonds is 4. The van der Waals surface area contributed by atoms with Gasteiger partial charge in [-0.15, -0.1) is 0 Å². The van der Waals surface area contributed by atoms with Crippen LogP contribution in [0.15, 0.2) is 36.7 Å². The smallest absolute Gasteiger partial charge is 0.229 e. The van der Waals surface area contributed by atoms with E-state index in [2.05, 4.69) is 10.4 Å². The fourth-order valence-electron chi connectivity index (χ4n) is 2.66. The van der Waals surface area contributed by atoms with Crippen LogP contribution in [0.3, 0.4) is 0 Å². The SMILES string of the molecule is Cn1cc(NC(=O)[C@H]2CC(=O)N(Cc3ccccc3Cl)C2)cn1. The topological polar surface area (TPSA) is 67.2 Å². The van der Waals surface area contributed by atoms with Gasteiger partial charge >= 0.3 is 0 Å². The van der Waals surface area contributed by atoms with Gasteiger partial charge in [-0.05, 0) is 11.6 Å². The van der Waals surface area contributed by atoms with Crippen molar-refractivity contribution in [3.05, 3.63) is 47.2 Å². The number of anilines is 1. The summed E-state index contributed by atoms with van der Waals surface area (Å²) in [6.07, 6.45) is 3.52. The maximum Gasteiger partial charge on any atom is 0.229 e. The van der Waals surface area contributed by atoms with Crippen molar-refractivity contribution in [2.24, 2.45) is 13.0 Å². The van der Waals surface area contributed by atoms with E-state index in [0.29, 0.717) is 23.8 Å². The van der Waals surface area contributed by atoms with Crippen molar-refractivity contribution in [3.63, 3.8) is 0 Å². The Kier molecular flexibility index (Phi) is 4.34. The van der Waals surface area contributed by atoms with E-state index in [1.807, 2.05) is 18.2 Å². The molecule has 1 N–H and O–H groups in total. The highest BCUT2D eigenvalue weighted by molar-refractivity contribution is 6.31. The minimum atomic E-state index is -0.356. The molecule has 1 aliphatic heterocycles. The van der Waals surface area contributed by atoms with Gasteiger partial charge in [0.05, 0.1) is 17.8 Å². The van der Waals surface area contributed by atoms with Gasteiger partial charge < -0.3 is 10.2 Å². The number of likely N-dealkylation sites (tertiary alicyclic amines) is 1. The lowest BCUT2D eigenvalue weighted by molar-refractivity contribution is -0.128. The van der Waals surface area contributed by atoms with Crippen LogP contribution in [0.1, 0.15) is 12.0 Å². The van der Waals surface area contributed by atoms with E-state index in [4.69, 9.17) is 11.6 Å². The number of carbonyl (C=O) groups is 2. The van der Waals surface area contributed by atoms with Crippen LogP contribution in [0.4, 0.5) is 5.69 Å². The molecule has 2 aromatic rings. The van der Waals surface area contributed by atoms with Gasteiger partial charge in [0.2, 0.25) is 11.8 Å². The fraction of sp³-hybridized carbons (Fsp3) is 0.312. The van der Waals surface area contributed by atoms with E-state index >= 15 is 0 Å². The van der Waals surface area contributed by atoms with Gasteiger partial charge in [0.25, 0.3) is 0 Å². The monoisotopic (exact) mass is 332 g/mol. The van der Waals surface area contributed by atoms with Gasteiger partial charge in [0.1, 0.15) is 0 Å². The highest BCUT2D eigenvalue weighted by Gasteiger charge is 2.34. The normalized spacial score (nSPS) is 17.6. The molecule has 2 amide bonds. The molecule has 0 aliphatic carbocycles. The molecule has 1 fully saturated rings. The van der Waals surface area contributed by atoms with Crippen LogP contribution in [0.5, 0.6) is 0 Å². The molecule has 1 aliphatic rings. The Bertz CT molecular complexity index is 743. The maximum absolute atomic E-state index is 12.3. The number of amides is 2. The number of halogens is 1. The standard InChI is InChI=1S/C16H17ClN4O2/c1-20-10-13(7-18-20)19-16(23)12-6-15(22)21(9-12)8-11-4-2-3-5-14(11)17/h2-5,7,10,12H,6,8-9H2,1H3,(H,19,23)/t12-/m0/s1. The first-order valence-corrected chi connectivity index (χ1v) is 7.71. The molecule has 0 bridgehead atoms. The second kappa shape index (κ2) is 6.42. The number of benzene rings is 1. The van der Waals surface area contributed by atoms with Crippen molar-refractivity contribution in [3.8, 4) is 0 Å². The van der Waals surface area contributed by atoms with Crippen LogP contribution < -0.4 is 5.32 Å². The Morgan fingerprint density at radius 3 is 2.91 bits per heavy atom. The maximum atomic E-state index is 12.3. The average molecular weight is 333 g/mol. The number of aromatic nitrogens is 2. The third-order valence-electron chi connectivity index (χ3n) is 3.88. The average Bonchev–Trinajstić information content (AvgIpc) is 3.08. The zero-order valence-corrected chi connectivity index (χ0v) is 13.5. The number of hydrogen-bond donors (Lipinski definition) is 1. The third-order valence-corrected chi connectivity index (χ3v) is 4.25. The molecule has 0 spiro atoms. The molecule has 3 rings (SSSR count). The number of aryl methyl sites for hydroxylation is 1. The fourth-order valence-corrected chi connectivity index (χ4v) is 2.86. The molecule has 0 saturated carbocycles. The summed E-state index contributed by atoms with van der Waals surface area (Å²) in [5.74, 6) is -0.547. The molecule has 6 nitrogen and oxygen atoms in total. The summed E-state index contributed by atoms with van der Waals surface area (Å²) in [4.78, 5) is 26.1. The lowest BCUT2D eigenvalue weighted by atomic mass is 10.1. The van der Waals surface area contributed by atoms with Crippen LogP contribution in [-0.4, -0.2) is 33.0 Å². The summed E-state index contributed by atoms with van der Waals surface area (Å²) in [5, 5.41) is 7.42. The van der Waals surface area contributed by atoms with Gasteiger partial charge in [0, 0.05) is 37.8 Å². The van der Waals surface area contributed by atoms with Gasteiger partial charge in [-0.25, -0.2) is 0 Å². The van der Waals surface area contributed by atoms with Crippen LogP contribution in [0, 0.1) is 5.92 Å². The molecule has 23 heavy (non-hydrogen) atoms. The quantitative estimate of drug-likeness (QED) is 0.932. The van der Waals surface area contributed by atoms with Crippen LogP contribution in [0.2, 0.25) is 5.02 Å². The Hall–Kier alpha value is -2.34. The zero-order valence-electron chi connectivity index (χ0n) is 12.7. The molecule has 0 radical (unpaired) electrons.